The molecule has 0 aliphatic carbocycles. The van der Waals surface area contributed by atoms with Crippen LogP contribution in [0.4, 0.5) is 0 Å². The number of carbonyl (C=O) groups is 2. The average Bonchev–Trinajstić information content (AvgIpc) is 2.78. The van der Waals surface area contributed by atoms with E-state index in [-0.39, 0.29) is 29.3 Å². The van der Waals surface area contributed by atoms with Gasteiger partial charge in [-0.2, -0.15) is 4.31 Å². The summed E-state index contributed by atoms with van der Waals surface area (Å²) >= 11 is 0. The zero-order valence-corrected chi connectivity index (χ0v) is 18.8. The van der Waals surface area contributed by atoms with Crippen molar-refractivity contribution in [1.82, 2.24) is 9.62 Å². The number of ether oxygens (including phenoxy) is 2. The third-order valence-corrected chi connectivity index (χ3v) is 6.71. The van der Waals surface area contributed by atoms with Crippen LogP contribution in [-0.4, -0.2) is 58.0 Å². The number of benzene rings is 2. The Kier molecular flexibility index (Phi) is 9.02. The lowest BCUT2D eigenvalue weighted by atomic mass is 10.1. The van der Waals surface area contributed by atoms with E-state index in [4.69, 9.17) is 9.47 Å². The number of carbonyl (C=O) groups excluding carboxylic acids is 2. The molecule has 0 saturated heterocycles. The molecule has 0 saturated carbocycles. The first-order chi connectivity index (χ1) is 14.8. The lowest BCUT2D eigenvalue weighted by molar-refractivity contribution is -0.124. The number of amides is 1. The fourth-order valence-electron chi connectivity index (χ4n) is 2.96. The second-order valence-electron chi connectivity index (χ2n) is 6.62. The summed E-state index contributed by atoms with van der Waals surface area (Å²) in [5, 5.41) is 2.68. The molecule has 1 amide bonds. The molecule has 0 bridgehead atoms. The Labute approximate surface area is 183 Å². The van der Waals surface area contributed by atoms with Gasteiger partial charge in [-0.05, 0) is 30.2 Å². The molecule has 1 N–H and O–H groups in total. The second-order valence-corrected chi connectivity index (χ2v) is 8.52. The van der Waals surface area contributed by atoms with Gasteiger partial charge in [0.05, 0.1) is 12.7 Å². The molecule has 0 aliphatic rings. The SMILES string of the molecule is CCN(CC)S(=O)(=O)c1cc(C(=O)OCC(=O)NCCc2ccccc2)ccc1OC. The molecule has 0 aliphatic heterocycles. The van der Waals surface area contributed by atoms with E-state index in [9.17, 15) is 18.0 Å². The summed E-state index contributed by atoms with van der Waals surface area (Å²) in [4.78, 5) is 24.2. The number of hydrogen-bond donors (Lipinski definition) is 1. The van der Waals surface area contributed by atoms with E-state index in [1.807, 2.05) is 30.3 Å². The maximum absolute atomic E-state index is 12.9. The molecule has 2 aromatic rings. The highest BCUT2D eigenvalue weighted by molar-refractivity contribution is 7.89. The van der Waals surface area contributed by atoms with Crippen LogP contribution in [-0.2, 0) is 26.0 Å². The zero-order chi connectivity index (χ0) is 22.9. The first-order valence-electron chi connectivity index (χ1n) is 9.99. The number of methoxy groups -OCH3 is 1. The molecule has 0 heterocycles. The van der Waals surface area contributed by atoms with Crippen molar-refractivity contribution in [3.8, 4) is 5.75 Å². The number of esters is 1. The lowest BCUT2D eigenvalue weighted by Crippen LogP contribution is -2.31. The van der Waals surface area contributed by atoms with Gasteiger partial charge in [0.15, 0.2) is 6.61 Å². The number of nitrogens with one attached hydrogen (secondary N) is 1. The summed E-state index contributed by atoms with van der Waals surface area (Å²) in [6.07, 6.45) is 0.658. The van der Waals surface area contributed by atoms with Gasteiger partial charge < -0.3 is 14.8 Å². The molecular formula is C22H28N2O6S. The standard InChI is InChI=1S/C22H28N2O6S/c1-4-24(5-2)31(27,28)20-15-18(11-12-19(20)29-3)22(26)30-16-21(25)23-14-13-17-9-7-6-8-10-17/h6-12,15H,4-5,13-14,16H2,1-3H3,(H,23,25). The van der Waals surface area contributed by atoms with Gasteiger partial charge in [0, 0.05) is 19.6 Å². The van der Waals surface area contributed by atoms with Crippen LogP contribution in [0.15, 0.2) is 53.4 Å². The topological polar surface area (TPSA) is 102 Å². The van der Waals surface area contributed by atoms with Gasteiger partial charge in [-0.3, -0.25) is 4.79 Å². The van der Waals surface area contributed by atoms with Gasteiger partial charge >= 0.3 is 5.97 Å². The van der Waals surface area contributed by atoms with Crippen LogP contribution in [0.1, 0.15) is 29.8 Å². The van der Waals surface area contributed by atoms with Crippen molar-refractivity contribution in [1.29, 1.82) is 0 Å². The van der Waals surface area contributed by atoms with Crippen LogP contribution < -0.4 is 10.1 Å². The molecule has 0 spiro atoms. The molecule has 9 heteroatoms. The van der Waals surface area contributed by atoms with Crippen molar-refractivity contribution >= 4 is 21.9 Å². The van der Waals surface area contributed by atoms with Crippen molar-refractivity contribution in [3.05, 3.63) is 59.7 Å². The molecule has 2 aromatic carbocycles. The lowest BCUT2D eigenvalue weighted by Gasteiger charge is -2.20. The first kappa shape index (κ1) is 24.4. The van der Waals surface area contributed by atoms with Crippen molar-refractivity contribution in [2.75, 3.05) is 33.4 Å². The molecule has 0 unspecified atom stereocenters. The number of hydrogen-bond acceptors (Lipinski definition) is 6. The van der Waals surface area contributed by atoms with Crippen molar-refractivity contribution < 1.29 is 27.5 Å². The third-order valence-electron chi connectivity index (χ3n) is 4.64. The quantitative estimate of drug-likeness (QED) is 0.529. The Morgan fingerprint density at radius 3 is 2.32 bits per heavy atom. The number of sulfonamides is 1. The molecule has 0 radical (unpaired) electrons. The minimum absolute atomic E-state index is 0.0172. The fourth-order valence-corrected chi connectivity index (χ4v) is 4.60. The predicted octanol–water partition coefficient (Wildman–Crippen LogP) is 2.24. The van der Waals surface area contributed by atoms with Crippen LogP contribution in [0.5, 0.6) is 5.75 Å². The predicted molar refractivity (Wildman–Crippen MR) is 117 cm³/mol. The highest BCUT2D eigenvalue weighted by Crippen LogP contribution is 2.28. The zero-order valence-electron chi connectivity index (χ0n) is 18.0. The van der Waals surface area contributed by atoms with Crippen LogP contribution in [0, 0.1) is 0 Å². The molecule has 2 rings (SSSR count). The average molecular weight is 449 g/mol. The van der Waals surface area contributed by atoms with Gasteiger partial charge in [0.1, 0.15) is 10.6 Å². The van der Waals surface area contributed by atoms with Crippen molar-refractivity contribution in [3.63, 3.8) is 0 Å². The maximum Gasteiger partial charge on any atom is 0.338 e. The Morgan fingerprint density at radius 1 is 1.03 bits per heavy atom. The molecule has 0 aromatic heterocycles. The fraction of sp³-hybridized carbons (Fsp3) is 0.364. The summed E-state index contributed by atoms with van der Waals surface area (Å²) in [5.41, 5.74) is 1.10. The third kappa shape index (κ3) is 6.53. The van der Waals surface area contributed by atoms with Crippen LogP contribution in [0.3, 0.4) is 0 Å². The Balaban J connectivity index is 2.01. The number of rotatable bonds is 11. The summed E-state index contributed by atoms with van der Waals surface area (Å²) < 4.78 is 37.2. The molecule has 8 nitrogen and oxygen atoms in total. The van der Waals surface area contributed by atoms with E-state index in [1.54, 1.807) is 13.8 Å². The van der Waals surface area contributed by atoms with Gasteiger partial charge in [0.25, 0.3) is 5.91 Å². The first-order valence-corrected chi connectivity index (χ1v) is 11.4. The summed E-state index contributed by atoms with van der Waals surface area (Å²) in [6.45, 7) is 3.96. The smallest absolute Gasteiger partial charge is 0.338 e. The minimum Gasteiger partial charge on any atom is -0.495 e. The Bertz CT molecular complexity index is 988. The molecule has 0 fully saturated rings. The van der Waals surface area contributed by atoms with Gasteiger partial charge in [-0.1, -0.05) is 44.2 Å². The molecule has 0 atom stereocenters. The van der Waals surface area contributed by atoms with Crippen LogP contribution in [0.25, 0.3) is 0 Å². The highest BCUT2D eigenvalue weighted by atomic mass is 32.2. The minimum atomic E-state index is -3.85. The van der Waals surface area contributed by atoms with Crippen molar-refractivity contribution in [2.45, 2.75) is 25.2 Å². The van der Waals surface area contributed by atoms with E-state index < -0.39 is 28.5 Å². The summed E-state index contributed by atoms with van der Waals surface area (Å²) in [7, 11) is -2.49. The monoisotopic (exact) mass is 448 g/mol. The van der Waals surface area contributed by atoms with E-state index in [1.165, 1.54) is 29.6 Å². The second kappa shape index (κ2) is 11.5. The summed E-state index contributed by atoms with van der Waals surface area (Å²) in [6, 6.07) is 13.7. The highest BCUT2D eigenvalue weighted by Gasteiger charge is 2.27. The van der Waals surface area contributed by atoms with E-state index in [0.29, 0.717) is 13.0 Å². The Morgan fingerprint density at radius 2 is 1.71 bits per heavy atom. The van der Waals surface area contributed by atoms with Crippen LogP contribution in [0.2, 0.25) is 0 Å². The molecule has 31 heavy (non-hydrogen) atoms. The normalized spacial score (nSPS) is 11.2. The largest absolute Gasteiger partial charge is 0.495 e. The van der Waals surface area contributed by atoms with Gasteiger partial charge in [0.2, 0.25) is 10.0 Å². The van der Waals surface area contributed by atoms with E-state index in [2.05, 4.69) is 5.32 Å². The molecule has 168 valence electrons. The van der Waals surface area contributed by atoms with E-state index in [0.717, 1.165) is 5.56 Å². The van der Waals surface area contributed by atoms with E-state index >= 15 is 0 Å². The summed E-state index contributed by atoms with van der Waals surface area (Å²) in [5.74, 6) is -1.10. The van der Waals surface area contributed by atoms with Crippen LogP contribution >= 0.6 is 0 Å². The molecular weight excluding hydrogens is 420 g/mol. The van der Waals surface area contributed by atoms with Gasteiger partial charge in [-0.15, -0.1) is 0 Å². The van der Waals surface area contributed by atoms with Gasteiger partial charge in [-0.25, -0.2) is 13.2 Å². The number of nitrogens with zero attached hydrogens (tertiary/aromatic N) is 1. The van der Waals surface area contributed by atoms with Crippen molar-refractivity contribution in [2.24, 2.45) is 0 Å². The maximum atomic E-state index is 12.9. The Hall–Kier alpha value is -2.91.